The van der Waals surface area contributed by atoms with Gasteiger partial charge in [0, 0.05) is 11.3 Å². The second kappa shape index (κ2) is 4.53. The van der Waals surface area contributed by atoms with Gasteiger partial charge in [0.15, 0.2) is 0 Å². The molecule has 1 aliphatic heterocycles. The lowest BCUT2D eigenvalue weighted by Crippen LogP contribution is -2.41. The molecule has 6 heteroatoms. The van der Waals surface area contributed by atoms with Crippen molar-refractivity contribution in [1.82, 2.24) is 4.98 Å². The van der Waals surface area contributed by atoms with Crippen molar-refractivity contribution in [2.75, 3.05) is 0 Å². The van der Waals surface area contributed by atoms with E-state index in [2.05, 4.69) is 4.98 Å². The van der Waals surface area contributed by atoms with Gasteiger partial charge in [0.2, 0.25) is 0 Å². The zero-order chi connectivity index (χ0) is 14.4. The molecule has 0 spiro atoms. The molecule has 2 heterocycles. The molecule has 1 aromatic heterocycles. The van der Waals surface area contributed by atoms with Gasteiger partial charge in [-0.2, -0.15) is 0 Å². The van der Waals surface area contributed by atoms with Crippen molar-refractivity contribution in [3.8, 4) is 0 Å². The van der Waals surface area contributed by atoms with Crippen molar-refractivity contribution in [2.24, 2.45) is 0 Å². The average Bonchev–Trinajstić information content (AvgIpc) is 2.47. The van der Waals surface area contributed by atoms with Crippen molar-refractivity contribution < 1.29 is 18.1 Å². The third-order valence-electron chi connectivity index (χ3n) is 3.74. The number of halogens is 2. The summed E-state index contributed by atoms with van der Waals surface area (Å²) in [4.78, 5) is 4.25. The molecule has 1 aromatic rings. The van der Waals surface area contributed by atoms with Gasteiger partial charge in [0.1, 0.15) is 0 Å². The Labute approximate surface area is 112 Å². The molecule has 19 heavy (non-hydrogen) atoms. The van der Waals surface area contributed by atoms with Gasteiger partial charge in [0.25, 0.3) is 6.43 Å². The van der Waals surface area contributed by atoms with E-state index in [0.29, 0.717) is 11.3 Å². The number of hydrogen-bond donors (Lipinski definition) is 0. The van der Waals surface area contributed by atoms with Crippen LogP contribution in [0.15, 0.2) is 12.1 Å². The van der Waals surface area contributed by atoms with Gasteiger partial charge in [0.05, 0.1) is 16.8 Å². The van der Waals surface area contributed by atoms with Crippen molar-refractivity contribution in [3.63, 3.8) is 0 Å². The molecule has 3 nitrogen and oxygen atoms in total. The fraction of sp³-hybridized carbons (Fsp3) is 0.615. The second-order valence-corrected chi connectivity index (χ2v) is 5.86. The van der Waals surface area contributed by atoms with Crippen LogP contribution in [0, 0.1) is 6.92 Å². The van der Waals surface area contributed by atoms with Crippen LogP contribution in [-0.2, 0) is 9.31 Å². The number of aromatic nitrogens is 1. The molecule has 1 saturated heterocycles. The monoisotopic (exact) mass is 269 g/mol. The molecule has 0 N–H and O–H groups in total. The third-order valence-corrected chi connectivity index (χ3v) is 3.74. The molecular formula is C13H18BF2NO2. The Hall–Kier alpha value is -1.01. The number of pyridine rings is 1. The van der Waals surface area contributed by atoms with Crippen LogP contribution < -0.4 is 5.59 Å². The lowest BCUT2D eigenvalue weighted by Gasteiger charge is -2.32. The predicted molar refractivity (Wildman–Crippen MR) is 69.6 cm³/mol. The Morgan fingerprint density at radius 3 is 2.11 bits per heavy atom. The zero-order valence-corrected chi connectivity index (χ0v) is 11.8. The predicted octanol–water partition coefficient (Wildman–Crippen LogP) is 2.63. The first kappa shape index (κ1) is 14.4. The third kappa shape index (κ3) is 2.65. The molecule has 0 amide bonds. The van der Waals surface area contributed by atoms with Crippen LogP contribution >= 0.6 is 0 Å². The lowest BCUT2D eigenvalue weighted by atomic mass is 9.83. The van der Waals surface area contributed by atoms with E-state index >= 15 is 0 Å². The van der Waals surface area contributed by atoms with Gasteiger partial charge >= 0.3 is 7.12 Å². The van der Waals surface area contributed by atoms with Crippen LogP contribution in [0.3, 0.4) is 0 Å². The summed E-state index contributed by atoms with van der Waals surface area (Å²) in [7, 11) is -0.706. The van der Waals surface area contributed by atoms with E-state index in [9.17, 15) is 8.78 Å². The minimum absolute atomic E-state index is 0.0581. The summed E-state index contributed by atoms with van der Waals surface area (Å²) in [5.41, 5.74) is -0.143. The van der Waals surface area contributed by atoms with E-state index < -0.39 is 24.7 Å². The molecule has 1 fully saturated rings. The highest BCUT2D eigenvalue weighted by Gasteiger charge is 2.52. The normalized spacial score (nSPS) is 21.2. The van der Waals surface area contributed by atoms with Gasteiger partial charge < -0.3 is 9.31 Å². The van der Waals surface area contributed by atoms with Crippen LogP contribution in [0.25, 0.3) is 0 Å². The summed E-state index contributed by atoms with van der Waals surface area (Å²) in [6.07, 6.45) is -2.53. The average molecular weight is 269 g/mol. The minimum atomic E-state index is -2.53. The summed E-state index contributed by atoms with van der Waals surface area (Å²) in [6.45, 7) is 9.34. The fourth-order valence-corrected chi connectivity index (χ4v) is 1.93. The Balaban J connectivity index is 2.34. The SMILES string of the molecule is Cc1cc(C(F)F)cc(B2OC(C)(C)C(C)(C)O2)n1. The summed E-state index contributed by atoms with van der Waals surface area (Å²) in [5.74, 6) is 0. The highest BCUT2D eigenvalue weighted by molar-refractivity contribution is 6.61. The van der Waals surface area contributed by atoms with Gasteiger partial charge in [-0.1, -0.05) is 0 Å². The van der Waals surface area contributed by atoms with E-state index in [1.165, 1.54) is 12.1 Å². The summed E-state index contributed by atoms with van der Waals surface area (Å²) < 4.78 is 37.2. The smallest absolute Gasteiger partial charge is 0.398 e. The van der Waals surface area contributed by atoms with Crippen LogP contribution in [0.4, 0.5) is 8.78 Å². The molecule has 0 saturated carbocycles. The van der Waals surface area contributed by atoms with Crippen LogP contribution in [0.1, 0.15) is 45.4 Å². The fourth-order valence-electron chi connectivity index (χ4n) is 1.93. The van der Waals surface area contributed by atoms with Crippen molar-refractivity contribution in [3.05, 3.63) is 23.4 Å². The second-order valence-electron chi connectivity index (χ2n) is 5.86. The molecule has 2 rings (SSSR count). The lowest BCUT2D eigenvalue weighted by molar-refractivity contribution is 0.00578. The van der Waals surface area contributed by atoms with Crippen LogP contribution in [0.5, 0.6) is 0 Å². The van der Waals surface area contributed by atoms with E-state index in [1.54, 1.807) is 6.92 Å². The molecule has 1 aliphatic rings. The topological polar surface area (TPSA) is 31.4 Å². The first-order valence-electron chi connectivity index (χ1n) is 6.25. The molecule has 0 aromatic carbocycles. The van der Waals surface area contributed by atoms with E-state index in [-0.39, 0.29) is 5.56 Å². The largest absolute Gasteiger partial charge is 0.514 e. The molecule has 0 atom stereocenters. The molecule has 0 bridgehead atoms. The molecular weight excluding hydrogens is 251 g/mol. The first-order valence-corrected chi connectivity index (χ1v) is 6.25. The van der Waals surface area contributed by atoms with Crippen LogP contribution in [0.2, 0.25) is 0 Å². The number of hydrogen-bond acceptors (Lipinski definition) is 3. The van der Waals surface area contributed by atoms with Gasteiger partial charge in [-0.25, -0.2) is 8.78 Å². The highest BCUT2D eigenvalue weighted by Crippen LogP contribution is 2.36. The number of nitrogens with zero attached hydrogens (tertiary/aromatic N) is 1. The van der Waals surface area contributed by atoms with Gasteiger partial charge in [-0.15, -0.1) is 0 Å². The van der Waals surface area contributed by atoms with Crippen molar-refractivity contribution in [1.29, 1.82) is 0 Å². The quantitative estimate of drug-likeness (QED) is 0.773. The standard InChI is InChI=1S/C13H18BF2NO2/c1-8-6-9(11(15)16)7-10(17-8)14-18-12(2,3)13(4,5)19-14/h6-7,11H,1-5H3. The minimum Gasteiger partial charge on any atom is -0.398 e. The highest BCUT2D eigenvalue weighted by atomic mass is 19.3. The Bertz CT molecular complexity index is 476. The molecule has 104 valence electrons. The maximum atomic E-state index is 12.8. The maximum absolute atomic E-state index is 12.8. The maximum Gasteiger partial charge on any atom is 0.514 e. The van der Waals surface area contributed by atoms with E-state index in [1.807, 2.05) is 27.7 Å². The number of alkyl halides is 2. The summed E-state index contributed by atoms with van der Waals surface area (Å²) >= 11 is 0. The first-order chi connectivity index (χ1) is 8.62. The molecule has 0 unspecified atom stereocenters. The van der Waals surface area contributed by atoms with Gasteiger partial charge in [-0.3, -0.25) is 4.98 Å². The summed E-state index contributed by atoms with van der Waals surface area (Å²) in [5, 5.41) is 0. The van der Waals surface area contributed by atoms with Crippen molar-refractivity contribution >= 4 is 12.7 Å². The number of rotatable bonds is 2. The Morgan fingerprint density at radius 2 is 1.63 bits per heavy atom. The van der Waals surface area contributed by atoms with Gasteiger partial charge in [-0.05, 0) is 46.8 Å². The Morgan fingerprint density at radius 1 is 1.11 bits per heavy atom. The molecule has 0 aliphatic carbocycles. The van der Waals surface area contributed by atoms with E-state index in [4.69, 9.17) is 9.31 Å². The van der Waals surface area contributed by atoms with Crippen LogP contribution in [-0.4, -0.2) is 23.3 Å². The summed E-state index contributed by atoms with van der Waals surface area (Å²) in [6, 6.07) is 2.72. The van der Waals surface area contributed by atoms with E-state index in [0.717, 1.165) is 0 Å². The number of aryl methyl sites for hydroxylation is 1. The van der Waals surface area contributed by atoms with Crippen molar-refractivity contribution in [2.45, 2.75) is 52.2 Å². The molecule has 0 radical (unpaired) electrons. The Kier molecular flexibility index (Phi) is 3.43. The zero-order valence-electron chi connectivity index (χ0n) is 11.8.